The minimum Gasteiger partial charge on any atom is -0.368 e. The van der Waals surface area contributed by atoms with E-state index in [1.807, 2.05) is 12.1 Å². The molecule has 1 aliphatic heterocycles. The van der Waals surface area contributed by atoms with Crippen LogP contribution in [0.3, 0.4) is 0 Å². The number of piperazine rings is 1. The lowest BCUT2D eigenvalue weighted by Crippen LogP contribution is -2.46. The third kappa shape index (κ3) is 4.44. The average Bonchev–Trinajstić information content (AvgIpc) is 2.64. The first-order valence-electron chi connectivity index (χ1n) is 8.51. The second-order valence-electron chi connectivity index (χ2n) is 6.17. The number of carbonyl (C=O) groups is 1. The Morgan fingerprint density at radius 3 is 2.31 bits per heavy atom. The normalized spacial score (nSPS) is 15.2. The molecule has 1 heterocycles. The van der Waals surface area contributed by atoms with Gasteiger partial charge >= 0.3 is 0 Å². The number of anilines is 2. The van der Waals surface area contributed by atoms with Crippen LogP contribution in [0.4, 0.5) is 11.4 Å². The summed E-state index contributed by atoms with van der Waals surface area (Å²) in [6.07, 6.45) is 0. The minimum absolute atomic E-state index is 0.260. The van der Waals surface area contributed by atoms with Crippen LogP contribution in [-0.4, -0.2) is 43.5 Å². The predicted molar refractivity (Wildman–Crippen MR) is 110 cm³/mol. The summed E-state index contributed by atoms with van der Waals surface area (Å²) in [4.78, 5) is 17.1. The molecule has 1 aliphatic rings. The standard InChI is InChI=1S/C19H20Cl3N3O/c1-2-24-7-9-25(10-8-24)18-6-4-14(12-17(18)22)23-19(26)13-3-5-15(20)16(21)11-13/h3-6,11-12H,2,7-10H2,1H3,(H,23,26). The molecule has 3 rings (SSSR count). The molecule has 0 radical (unpaired) electrons. The molecular formula is C19H20Cl3N3O. The molecule has 1 fully saturated rings. The second-order valence-corrected chi connectivity index (χ2v) is 7.39. The van der Waals surface area contributed by atoms with Crippen molar-refractivity contribution in [1.29, 1.82) is 0 Å². The Bertz CT molecular complexity index is 805. The van der Waals surface area contributed by atoms with Crippen molar-refractivity contribution in [3.05, 3.63) is 57.0 Å². The van der Waals surface area contributed by atoms with Crippen LogP contribution in [0.2, 0.25) is 15.1 Å². The third-order valence-corrected chi connectivity index (χ3v) is 5.59. The molecule has 2 aromatic carbocycles. The molecule has 7 heteroatoms. The summed E-state index contributed by atoms with van der Waals surface area (Å²) in [6, 6.07) is 10.4. The van der Waals surface area contributed by atoms with Crippen LogP contribution in [-0.2, 0) is 0 Å². The number of likely N-dealkylation sites (N-methyl/N-ethyl adjacent to an activating group) is 1. The highest BCUT2D eigenvalue weighted by Crippen LogP contribution is 2.30. The summed E-state index contributed by atoms with van der Waals surface area (Å²) in [5.74, 6) is -0.260. The van der Waals surface area contributed by atoms with Gasteiger partial charge in [-0.15, -0.1) is 0 Å². The number of nitrogens with zero attached hydrogens (tertiary/aromatic N) is 2. The van der Waals surface area contributed by atoms with Crippen molar-refractivity contribution >= 4 is 52.1 Å². The fourth-order valence-corrected chi connectivity index (χ4v) is 3.58. The van der Waals surface area contributed by atoms with Crippen molar-refractivity contribution in [3.8, 4) is 0 Å². The zero-order valence-corrected chi connectivity index (χ0v) is 16.7. The molecule has 0 unspecified atom stereocenters. The van der Waals surface area contributed by atoms with Gasteiger partial charge in [-0.05, 0) is 42.9 Å². The maximum atomic E-state index is 12.4. The molecular weight excluding hydrogens is 393 g/mol. The zero-order valence-electron chi connectivity index (χ0n) is 14.4. The van der Waals surface area contributed by atoms with Gasteiger partial charge in [0.2, 0.25) is 0 Å². The summed E-state index contributed by atoms with van der Waals surface area (Å²) < 4.78 is 0. The zero-order chi connectivity index (χ0) is 18.7. The number of carbonyl (C=O) groups excluding carboxylic acids is 1. The van der Waals surface area contributed by atoms with Crippen molar-refractivity contribution in [2.24, 2.45) is 0 Å². The number of halogens is 3. The maximum absolute atomic E-state index is 12.4. The third-order valence-electron chi connectivity index (χ3n) is 4.55. The second kappa shape index (κ2) is 8.49. The molecule has 0 spiro atoms. The van der Waals surface area contributed by atoms with Crippen molar-refractivity contribution in [3.63, 3.8) is 0 Å². The summed E-state index contributed by atoms with van der Waals surface area (Å²) in [5.41, 5.74) is 2.08. The Morgan fingerprint density at radius 1 is 0.962 bits per heavy atom. The first-order valence-corrected chi connectivity index (χ1v) is 9.64. The Balaban J connectivity index is 1.69. The average molecular weight is 413 g/mol. The number of rotatable bonds is 4. The van der Waals surface area contributed by atoms with Gasteiger partial charge in [0.1, 0.15) is 0 Å². The lowest BCUT2D eigenvalue weighted by Gasteiger charge is -2.36. The van der Waals surface area contributed by atoms with Crippen molar-refractivity contribution in [1.82, 2.24) is 4.90 Å². The molecule has 1 saturated heterocycles. The SMILES string of the molecule is CCN1CCN(c2ccc(NC(=O)c3ccc(Cl)c(Cl)c3)cc2Cl)CC1. The molecule has 0 atom stereocenters. The van der Waals surface area contributed by atoms with Crippen LogP contribution in [0.25, 0.3) is 0 Å². The van der Waals surface area contributed by atoms with Gasteiger partial charge in [-0.2, -0.15) is 0 Å². The molecule has 4 nitrogen and oxygen atoms in total. The quantitative estimate of drug-likeness (QED) is 0.764. The van der Waals surface area contributed by atoms with Crippen LogP contribution < -0.4 is 10.2 Å². The molecule has 1 amide bonds. The largest absolute Gasteiger partial charge is 0.368 e. The molecule has 2 aromatic rings. The fourth-order valence-electron chi connectivity index (χ4n) is 2.99. The molecule has 0 bridgehead atoms. The van der Waals surface area contributed by atoms with Crippen molar-refractivity contribution in [2.75, 3.05) is 42.9 Å². The van der Waals surface area contributed by atoms with Gasteiger partial charge in [0, 0.05) is 37.4 Å². The van der Waals surface area contributed by atoms with Crippen LogP contribution >= 0.6 is 34.8 Å². The molecule has 0 saturated carbocycles. The van der Waals surface area contributed by atoms with E-state index in [2.05, 4.69) is 22.0 Å². The number of benzene rings is 2. The summed E-state index contributed by atoms with van der Waals surface area (Å²) >= 11 is 18.3. The van der Waals surface area contributed by atoms with Crippen LogP contribution in [0, 0.1) is 0 Å². The van der Waals surface area contributed by atoms with E-state index in [1.54, 1.807) is 24.3 Å². The minimum atomic E-state index is -0.260. The first kappa shape index (κ1) is 19.3. The topological polar surface area (TPSA) is 35.6 Å². The van der Waals surface area contributed by atoms with Gasteiger partial charge in [-0.25, -0.2) is 0 Å². The Hall–Kier alpha value is -1.46. The van der Waals surface area contributed by atoms with E-state index in [-0.39, 0.29) is 5.91 Å². The predicted octanol–water partition coefficient (Wildman–Crippen LogP) is 5.04. The molecule has 0 aliphatic carbocycles. The monoisotopic (exact) mass is 411 g/mol. The summed E-state index contributed by atoms with van der Waals surface area (Å²) in [7, 11) is 0. The van der Waals surface area contributed by atoms with Gasteiger partial charge in [-0.3, -0.25) is 4.79 Å². The maximum Gasteiger partial charge on any atom is 0.255 e. The first-order chi connectivity index (χ1) is 12.5. The molecule has 0 aromatic heterocycles. The van der Waals surface area contributed by atoms with E-state index in [0.29, 0.717) is 26.3 Å². The number of nitrogens with one attached hydrogen (secondary N) is 1. The van der Waals surface area contributed by atoms with Crippen LogP contribution in [0.1, 0.15) is 17.3 Å². The van der Waals surface area contributed by atoms with E-state index in [9.17, 15) is 4.79 Å². The Kier molecular flexibility index (Phi) is 6.30. The molecule has 138 valence electrons. The Labute approximate surface area is 168 Å². The van der Waals surface area contributed by atoms with E-state index in [1.165, 1.54) is 0 Å². The number of hydrogen-bond acceptors (Lipinski definition) is 3. The fraction of sp³-hybridized carbons (Fsp3) is 0.316. The van der Waals surface area contributed by atoms with Gasteiger partial charge < -0.3 is 15.1 Å². The lowest BCUT2D eigenvalue weighted by atomic mass is 10.2. The smallest absolute Gasteiger partial charge is 0.255 e. The van der Waals surface area contributed by atoms with E-state index >= 15 is 0 Å². The van der Waals surface area contributed by atoms with Crippen molar-refractivity contribution in [2.45, 2.75) is 6.92 Å². The molecule has 26 heavy (non-hydrogen) atoms. The molecule has 1 N–H and O–H groups in total. The van der Waals surface area contributed by atoms with Gasteiger partial charge in [0.15, 0.2) is 0 Å². The van der Waals surface area contributed by atoms with Gasteiger partial charge in [0.05, 0.1) is 20.8 Å². The van der Waals surface area contributed by atoms with Crippen LogP contribution in [0.15, 0.2) is 36.4 Å². The van der Waals surface area contributed by atoms with E-state index in [0.717, 1.165) is 38.4 Å². The number of amides is 1. The highest BCUT2D eigenvalue weighted by atomic mass is 35.5. The van der Waals surface area contributed by atoms with Gasteiger partial charge in [-0.1, -0.05) is 41.7 Å². The highest BCUT2D eigenvalue weighted by molar-refractivity contribution is 6.42. The van der Waals surface area contributed by atoms with Gasteiger partial charge in [0.25, 0.3) is 5.91 Å². The summed E-state index contributed by atoms with van der Waals surface area (Å²) in [5, 5.41) is 4.23. The Morgan fingerprint density at radius 2 is 1.69 bits per heavy atom. The summed E-state index contributed by atoms with van der Waals surface area (Å²) in [6.45, 7) is 7.20. The van der Waals surface area contributed by atoms with E-state index < -0.39 is 0 Å². The highest BCUT2D eigenvalue weighted by Gasteiger charge is 2.18. The van der Waals surface area contributed by atoms with E-state index in [4.69, 9.17) is 34.8 Å². The lowest BCUT2D eigenvalue weighted by molar-refractivity contribution is 0.102. The van der Waals surface area contributed by atoms with Crippen LogP contribution in [0.5, 0.6) is 0 Å². The van der Waals surface area contributed by atoms with Crippen molar-refractivity contribution < 1.29 is 4.79 Å². The number of hydrogen-bond donors (Lipinski definition) is 1.